The summed E-state index contributed by atoms with van der Waals surface area (Å²) >= 11 is 0. The van der Waals surface area contributed by atoms with Crippen LogP contribution in [0.25, 0.3) is 0 Å². The molecule has 1 unspecified atom stereocenters. The van der Waals surface area contributed by atoms with Crippen LogP contribution in [0.5, 0.6) is 0 Å². The lowest BCUT2D eigenvalue weighted by atomic mass is 10.2. The van der Waals surface area contributed by atoms with Crippen molar-refractivity contribution in [2.24, 2.45) is 5.92 Å². The van der Waals surface area contributed by atoms with Crippen LogP contribution < -0.4 is 0 Å². The van der Waals surface area contributed by atoms with Gasteiger partial charge in [0.1, 0.15) is 0 Å². The summed E-state index contributed by atoms with van der Waals surface area (Å²) in [5.41, 5.74) is 0. The molecule has 0 radical (unpaired) electrons. The molecule has 0 spiro atoms. The summed E-state index contributed by atoms with van der Waals surface area (Å²) in [4.78, 5) is 15.2. The number of hydrogen-bond donors (Lipinski definition) is 1. The van der Waals surface area contributed by atoms with E-state index in [4.69, 9.17) is 9.84 Å². The molecule has 5 heteroatoms. The second-order valence-electron chi connectivity index (χ2n) is 4.81. The zero-order valence-corrected chi connectivity index (χ0v) is 10.9. The Bertz CT molecular complexity index is 230. The highest BCUT2D eigenvalue weighted by Gasteiger charge is 2.14. The van der Waals surface area contributed by atoms with E-state index in [0.29, 0.717) is 6.54 Å². The molecule has 0 aromatic rings. The summed E-state index contributed by atoms with van der Waals surface area (Å²) < 4.78 is 5.29. The number of hydrogen-bond acceptors (Lipinski definition) is 4. The van der Waals surface area contributed by atoms with Gasteiger partial charge in [-0.1, -0.05) is 6.92 Å². The normalized spacial score (nSPS) is 19.5. The monoisotopic (exact) mass is 244 g/mol. The van der Waals surface area contributed by atoms with Gasteiger partial charge in [0.25, 0.3) is 0 Å². The Balaban J connectivity index is 2.06. The molecule has 5 nitrogen and oxygen atoms in total. The first kappa shape index (κ1) is 14.4. The van der Waals surface area contributed by atoms with Crippen molar-refractivity contribution in [2.45, 2.75) is 13.3 Å². The number of morpholine rings is 1. The molecule has 0 aromatic carbocycles. The third kappa shape index (κ3) is 6.00. The van der Waals surface area contributed by atoms with Gasteiger partial charge in [0, 0.05) is 19.6 Å². The number of aliphatic carboxylic acids is 1. The standard InChI is InChI=1S/C12H24N2O3/c1-11(12(15)16)10-13(2)4-3-5-14-6-8-17-9-7-14/h11H,3-10H2,1-2H3,(H,15,16). The van der Waals surface area contributed by atoms with E-state index in [1.54, 1.807) is 6.92 Å². The van der Waals surface area contributed by atoms with Crippen molar-refractivity contribution in [2.75, 3.05) is 53.0 Å². The number of carboxylic acids is 1. The first-order chi connectivity index (χ1) is 8.09. The summed E-state index contributed by atoms with van der Waals surface area (Å²) in [7, 11) is 1.98. The fourth-order valence-electron chi connectivity index (χ4n) is 2.03. The Kier molecular flexibility index (Phi) is 6.47. The molecule has 1 aliphatic rings. The van der Waals surface area contributed by atoms with Crippen molar-refractivity contribution in [3.05, 3.63) is 0 Å². The molecule has 1 aliphatic heterocycles. The first-order valence-electron chi connectivity index (χ1n) is 6.31. The number of rotatable bonds is 7. The van der Waals surface area contributed by atoms with Crippen LogP contribution in [0.3, 0.4) is 0 Å². The Morgan fingerprint density at radius 2 is 2.12 bits per heavy atom. The van der Waals surface area contributed by atoms with E-state index in [1.165, 1.54) is 0 Å². The maximum atomic E-state index is 10.7. The zero-order valence-electron chi connectivity index (χ0n) is 10.9. The van der Waals surface area contributed by atoms with Crippen molar-refractivity contribution in [3.8, 4) is 0 Å². The fourth-order valence-corrected chi connectivity index (χ4v) is 2.03. The Hall–Kier alpha value is -0.650. The summed E-state index contributed by atoms with van der Waals surface area (Å²) in [6, 6.07) is 0. The van der Waals surface area contributed by atoms with Gasteiger partial charge in [-0.3, -0.25) is 9.69 Å². The Morgan fingerprint density at radius 1 is 1.47 bits per heavy atom. The molecule has 1 atom stereocenters. The van der Waals surface area contributed by atoms with Crippen LogP contribution in [-0.4, -0.2) is 73.9 Å². The lowest BCUT2D eigenvalue weighted by Crippen LogP contribution is -2.38. The van der Waals surface area contributed by atoms with Gasteiger partial charge in [0.05, 0.1) is 19.1 Å². The minimum atomic E-state index is -0.718. The number of nitrogens with zero attached hydrogens (tertiary/aromatic N) is 2. The molecule has 1 heterocycles. The van der Waals surface area contributed by atoms with Crippen LogP contribution in [0.2, 0.25) is 0 Å². The molecule has 100 valence electrons. The van der Waals surface area contributed by atoms with Gasteiger partial charge < -0.3 is 14.7 Å². The van der Waals surface area contributed by atoms with Crippen molar-refractivity contribution in [3.63, 3.8) is 0 Å². The smallest absolute Gasteiger partial charge is 0.307 e. The largest absolute Gasteiger partial charge is 0.481 e. The van der Waals surface area contributed by atoms with Crippen molar-refractivity contribution in [1.29, 1.82) is 0 Å². The third-order valence-corrected chi connectivity index (χ3v) is 3.12. The number of ether oxygens (including phenoxy) is 1. The van der Waals surface area contributed by atoms with Gasteiger partial charge >= 0.3 is 5.97 Å². The predicted octanol–water partition coefficient (Wildman–Crippen LogP) is 0.361. The van der Waals surface area contributed by atoms with Crippen LogP contribution in [0.15, 0.2) is 0 Å². The van der Waals surface area contributed by atoms with Gasteiger partial charge in [-0.25, -0.2) is 0 Å². The molecule has 0 amide bonds. The molecular formula is C12H24N2O3. The highest BCUT2D eigenvalue weighted by atomic mass is 16.5. The maximum Gasteiger partial charge on any atom is 0.307 e. The van der Waals surface area contributed by atoms with Gasteiger partial charge in [0.2, 0.25) is 0 Å². The van der Waals surface area contributed by atoms with E-state index in [2.05, 4.69) is 9.80 Å². The Labute approximate surface area is 103 Å². The number of carbonyl (C=O) groups is 1. The molecule has 1 fully saturated rings. The van der Waals surface area contributed by atoms with Gasteiger partial charge in [-0.15, -0.1) is 0 Å². The highest BCUT2D eigenvalue weighted by Crippen LogP contribution is 2.01. The maximum absolute atomic E-state index is 10.7. The molecule has 0 aromatic heterocycles. The second-order valence-corrected chi connectivity index (χ2v) is 4.81. The Morgan fingerprint density at radius 3 is 2.71 bits per heavy atom. The van der Waals surface area contributed by atoms with Crippen molar-refractivity contribution < 1.29 is 14.6 Å². The zero-order chi connectivity index (χ0) is 12.7. The molecule has 0 bridgehead atoms. The minimum absolute atomic E-state index is 0.289. The summed E-state index contributed by atoms with van der Waals surface area (Å²) in [6.45, 7) is 8.13. The number of carboxylic acid groups (broad SMARTS) is 1. The van der Waals surface area contributed by atoms with Gasteiger partial charge in [0.15, 0.2) is 0 Å². The lowest BCUT2D eigenvalue weighted by molar-refractivity contribution is -0.141. The summed E-state index contributed by atoms with van der Waals surface area (Å²) in [5, 5.41) is 8.81. The quantitative estimate of drug-likeness (QED) is 0.701. The summed E-state index contributed by atoms with van der Waals surface area (Å²) in [5.74, 6) is -1.01. The average molecular weight is 244 g/mol. The van der Waals surface area contributed by atoms with E-state index < -0.39 is 5.97 Å². The van der Waals surface area contributed by atoms with E-state index in [0.717, 1.165) is 45.8 Å². The summed E-state index contributed by atoms with van der Waals surface area (Å²) in [6.07, 6.45) is 1.09. The van der Waals surface area contributed by atoms with Crippen LogP contribution in [0.4, 0.5) is 0 Å². The van der Waals surface area contributed by atoms with E-state index in [9.17, 15) is 4.79 Å². The van der Waals surface area contributed by atoms with Crippen LogP contribution in [0, 0.1) is 5.92 Å². The first-order valence-corrected chi connectivity index (χ1v) is 6.31. The average Bonchev–Trinajstić information content (AvgIpc) is 2.30. The van der Waals surface area contributed by atoms with Crippen LogP contribution in [-0.2, 0) is 9.53 Å². The molecular weight excluding hydrogens is 220 g/mol. The topological polar surface area (TPSA) is 53.0 Å². The molecule has 1 rings (SSSR count). The van der Waals surface area contributed by atoms with Crippen molar-refractivity contribution >= 4 is 5.97 Å². The molecule has 0 aliphatic carbocycles. The van der Waals surface area contributed by atoms with Crippen LogP contribution in [0.1, 0.15) is 13.3 Å². The highest BCUT2D eigenvalue weighted by molar-refractivity contribution is 5.69. The van der Waals surface area contributed by atoms with Gasteiger partial charge in [-0.05, 0) is 26.6 Å². The fraction of sp³-hybridized carbons (Fsp3) is 0.917. The molecule has 17 heavy (non-hydrogen) atoms. The van der Waals surface area contributed by atoms with E-state index in [-0.39, 0.29) is 5.92 Å². The van der Waals surface area contributed by atoms with E-state index >= 15 is 0 Å². The molecule has 1 N–H and O–H groups in total. The lowest BCUT2D eigenvalue weighted by Gasteiger charge is -2.27. The van der Waals surface area contributed by atoms with Crippen molar-refractivity contribution in [1.82, 2.24) is 9.80 Å². The third-order valence-electron chi connectivity index (χ3n) is 3.12. The SMILES string of the molecule is CC(CN(C)CCCN1CCOCC1)C(=O)O. The predicted molar refractivity (Wildman–Crippen MR) is 66.2 cm³/mol. The van der Waals surface area contributed by atoms with Crippen LogP contribution >= 0.6 is 0 Å². The molecule has 1 saturated heterocycles. The van der Waals surface area contributed by atoms with E-state index in [1.807, 2.05) is 7.05 Å². The minimum Gasteiger partial charge on any atom is -0.481 e. The van der Waals surface area contributed by atoms with Gasteiger partial charge in [-0.2, -0.15) is 0 Å². The molecule has 0 saturated carbocycles. The second kappa shape index (κ2) is 7.63.